The van der Waals surface area contributed by atoms with Crippen LogP contribution in [0.4, 0.5) is 4.39 Å². The maximum Gasteiger partial charge on any atom is 0.123 e. The molecule has 0 aliphatic heterocycles. The Bertz CT molecular complexity index is 657. The van der Waals surface area contributed by atoms with Gasteiger partial charge in [0.15, 0.2) is 0 Å². The lowest BCUT2D eigenvalue weighted by atomic mass is 10.2. The second kappa shape index (κ2) is 5.06. The van der Waals surface area contributed by atoms with E-state index < -0.39 is 0 Å². The average Bonchev–Trinajstić information content (AvgIpc) is 2.89. The van der Waals surface area contributed by atoms with E-state index in [9.17, 15) is 4.39 Å². The van der Waals surface area contributed by atoms with Gasteiger partial charge in [0.25, 0.3) is 0 Å². The molecule has 1 heterocycles. The third kappa shape index (κ3) is 2.71. The molecule has 3 aromatic rings. The number of halogens is 1. The van der Waals surface area contributed by atoms with Crippen LogP contribution in [-0.2, 0) is 6.54 Å². The molecule has 0 atom stereocenters. The van der Waals surface area contributed by atoms with Gasteiger partial charge in [-0.3, -0.25) is 0 Å². The van der Waals surface area contributed by atoms with Gasteiger partial charge >= 0.3 is 0 Å². The molecular weight excluding hydrogens is 239 g/mol. The summed E-state index contributed by atoms with van der Waals surface area (Å²) in [5, 5.41) is 0. The summed E-state index contributed by atoms with van der Waals surface area (Å²) < 4.78 is 14.9. The van der Waals surface area contributed by atoms with Gasteiger partial charge in [-0.2, -0.15) is 0 Å². The smallest absolute Gasteiger partial charge is 0.123 e. The first-order valence-electron chi connectivity index (χ1n) is 6.13. The maximum atomic E-state index is 12.9. The lowest BCUT2D eigenvalue weighted by Gasteiger charge is -2.01. The highest BCUT2D eigenvalue weighted by molar-refractivity contribution is 5.57. The van der Waals surface area contributed by atoms with Crippen LogP contribution in [0, 0.1) is 5.82 Å². The van der Waals surface area contributed by atoms with Crippen molar-refractivity contribution in [3.8, 4) is 11.3 Å². The number of benzene rings is 2. The second-order valence-corrected chi connectivity index (χ2v) is 4.42. The highest BCUT2D eigenvalue weighted by Gasteiger charge is 2.02. The van der Waals surface area contributed by atoms with Crippen molar-refractivity contribution in [3.05, 3.63) is 78.5 Å². The Balaban J connectivity index is 1.82. The van der Waals surface area contributed by atoms with Gasteiger partial charge in [0, 0.05) is 18.3 Å². The summed E-state index contributed by atoms with van der Waals surface area (Å²) in [5.74, 6) is -0.229. The molecule has 0 fully saturated rings. The Kier molecular flexibility index (Phi) is 3.11. The first-order chi connectivity index (χ1) is 9.31. The Morgan fingerprint density at radius 3 is 2.42 bits per heavy atom. The molecule has 0 aliphatic rings. The largest absolute Gasteiger partial charge is 0.332 e. The first kappa shape index (κ1) is 11.7. The number of hydrogen-bond donors (Lipinski definition) is 0. The van der Waals surface area contributed by atoms with Crippen molar-refractivity contribution in [2.45, 2.75) is 6.54 Å². The molecule has 0 amide bonds. The van der Waals surface area contributed by atoms with Gasteiger partial charge in [-0.25, -0.2) is 9.37 Å². The molecule has 0 bridgehead atoms. The standard InChI is InChI=1S/C16H13FN2/c17-15-8-6-14(7-9-15)16-11-19(12-18-16)10-13-4-2-1-3-5-13/h1-9,11-12H,10H2. The summed E-state index contributed by atoms with van der Waals surface area (Å²) in [6.45, 7) is 0.787. The molecule has 0 aliphatic carbocycles. The summed E-state index contributed by atoms with van der Waals surface area (Å²) in [4.78, 5) is 4.35. The summed E-state index contributed by atoms with van der Waals surface area (Å²) in [6.07, 6.45) is 3.77. The predicted molar refractivity (Wildman–Crippen MR) is 73.2 cm³/mol. The van der Waals surface area contributed by atoms with E-state index in [0.717, 1.165) is 17.8 Å². The van der Waals surface area contributed by atoms with Crippen molar-refractivity contribution in [1.29, 1.82) is 0 Å². The number of nitrogens with zero attached hydrogens (tertiary/aromatic N) is 2. The Hall–Kier alpha value is -2.42. The van der Waals surface area contributed by atoms with Crippen LogP contribution in [0.5, 0.6) is 0 Å². The SMILES string of the molecule is Fc1ccc(-c2cn(Cc3ccccc3)cn2)cc1. The molecule has 0 radical (unpaired) electrons. The van der Waals surface area contributed by atoms with Gasteiger partial charge in [0.05, 0.1) is 12.0 Å². The number of hydrogen-bond acceptors (Lipinski definition) is 1. The van der Waals surface area contributed by atoms with Crippen LogP contribution in [0.2, 0.25) is 0 Å². The fraction of sp³-hybridized carbons (Fsp3) is 0.0625. The normalized spacial score (nSPS) is 10.6. The van der Waals surface area contributed by atoms with E-state index >= 15 is 0 Å². The first-order valence-corrected chi connectivity index (χ1v) is 6.13. The molecular formula is C16H13FN2. The monoisotopic (exact) mass is 252 g/mol. The predicted octanol–water partition coefficient (Wildman–Crippen LogP) is 3.74. The van der Waals surface area contributed by atoms with E-state index in [1.807, 2.05) is 29.0 Å². The molecule has 94 valence electrons. The summed E-state index contributed by atoms with van der Waals surface area (Å²) in [6, 6.07) is 16.6. The molecule has 2 nitrogen and oxygen atoms in total. The molecule has 19 heavy (non-hydrogen) atoms. The van der Waals surface area contributed by atoms with Crippen molar-refractivity contribution in [1.82, 2.24) is 9.55 Å². The zero-order chi connectivity index (χ0) is 13.1. The third-order valence-corrected chi connectivity index (χ3v) is 2.98. The molecule has 3 heteroatoms. The van der Waals surface area contributed by atoms with Crippen molar-refractivity contribution in [2.75, 3.05) is 0 Å². The average molecular weight is 252 g/mol. The van der Waals surface area contributed by atoms with E-state index in [4.69, 9.17) is 0 Å². The minimum absolute atomic E-state index is 0.229. The van der Waals surface area contributed by atoms with E-state index in [2.05, 4.69) is 17.1 Å². The Morgan fingerprint density at radius 1 is 0.947 bits per heavy atom. The molecule has 2 aromatic carbocycles. The molecule has 0 unspecified atom stereocenters. The number of imidazole rings is 1. The molecule has 0 saturated heterocycles. The Morgan fingerprint density at radius 2 is 1.68 bits per heavy atom. The van der Waals surface area contributed by atoms with Gasteiger partial charge in [-0.15, -0.1) is 0 Å². The van der Waals surface area contributed by atoms with E-state index in [0.29, 0.717) is 0 Å². The van der Waals surface area contributed by atoms with Crippen LogP contribution in [0.1, 0.15) is 5.56 Å². The molecule has 1 aromatic heterocycles. The maximum absolute atomic E-state index is 12.9. The van der Waals surface area contributed by atoms with Gasteiger partial charge < -0.3 is 4.57 Å². The van der Waals surface area contributed by atoms with Gasteiger partial charge in [-0.05, 0) is 29.8 Å². The van der Waals surface area contributed by atoms with Crippen LogP contribution in [0.15, 0.2) is 67.1 Å². The van der Waals surface area contributed by atoms with Crippen LogP contribution in [-0.4, -0.2) is 9.55 Å². The zero-order valence-corrected chi connectivity index (χ0v) is 10.3. The quantitative estimate of drug-likeness (QED) is 0.694. The highest BCUT2D eigenvalue weighted by atomic mass is 19.1. The van der Waals surface area contributed by atoms with Crippen molar-refractivity contribution >= 4 is 0 Å². The van der Waals surface area contributed by atoms with Crippen LogP contribution in [0.3, 0.4) is 0 Å². The summed E-state index contributed by atoms with van der Waals surface area (Å²) in [5.41, 5.74) is 3.01. The Labute approximate surface area is 111 Å². The summed E-state index contributed by atoms with van der Waals surface area (Å²) >= 11 is 0. The van der Waals surface area contributed by atoms with Crippen LogP contribution >= 0.6 is 0 Å². The van der Waals surface area contributed by atoms with Crippen molar-refractivity contribution < 1.29 is 4.39 Å². The van der Waals surface area contributed by atoms with E-state index in [-0.39, 0.29) is 5.82 Å². The summed E-state index contributed by atoms with van der Waals surface area (Å²) in [7, 11) is 0. The molecule has 0 N–H and O–H groups in total. The molecule has 0 spiro atoms. The molecule has 3 rings (SSSR count). The second-order valence-electron chi connectivity index (χ2n) is 4.42. The number of rotatable bonds is 3. The van der Waals surface area contributed by atoms with Crippen LogP contribution < -0.4 is 0 Å². The van der Waals surface area contributed by atoms with E-state index in [1.54, 1.807) is 18.5 Å². The van der Waals surface area contributed by atoms with Gasteiger partial charge in [0.1, 0.15) is 5.82 Å². The lowest BCUT2D eigenvalue weighted by Crippen LogP contribution is -1.95. The zero-order valence-electron chi connectivity index (χ0n) is 10.3. The van der Waals surface area contributed by atoms with Crippen molar-refractivity contribution in [2.24, 2.45) is 0 Å². The van der Waals surface area contributed by atoms with Gasteiger partial charge in [-0.1, -0.05) is 30.3 Å². The van der Waals surface area contributed by atoms with E-state index in [1.165, 1.54) is 17.7 Å². The minimum Gasteiger partial charge on any atom is -0.332 e. The topological polar surface area (TPSA) is 17.8 Å². The highest BCUT2D eigenvalue weighted by Crippen LogP contribution is 2.17. The number of aromatic nitrogens is 2. The fourth-order valence-corrected chi connectivity index (χ4v) is 2.01. The van der Waals surface area contributed by atoms with Gasteiger partial charge in [0.2, 0.25) is 0 Å². The van der Waals surface area contributed by atoms with Crippen LogP contribution in [0.25, 0.3) is 11.3 Å². The van der Waals surface area contributed by atoms with Crippen molar-refractivity contribution in [3.63, 3.8) is 0 Å². The fourth-order valence-electron chi connectivity index (χ4n) is 2.01. The molecule has 0 saturated carbocycles. The minimum atomic E-state index is -0.229. The third-order valence-electron chi connectivity index (χ3n) is 2.98. The lowest BCUT2D eigenvalue weighted by molar-refractivity contribution is 0.628.